The van der Waals surface area contributed by atoms with Gasteiger partial charge in [-0.3, -0.25) is 4.79 Å². The number of amides is 2. The van der Waals surface area contributed by atoms with Crippen molar-refractivity contribution in [2.24, 2.45) is 0 Å². The van der Waals surface area contributed by atoms with Crippen molar-refractivity contribution in [1.29, 1.82) is 0 Å². The molecular formula is C17H20BrNO4. The second-order valence-corrected chi connectivity index (χ2v) is 7.89. The van der Waals surface area contributed by atoms with E-state index in [0.717, 1.165) is 10.0 Å². The van der Waals surface area contributed by atoms with Crippen LogP contribution in [-0.4, -0.2) is 30.8 Å². The van der Waals surface area contributed by atoms with Crippen LogP contribution in [0.1, 0.15) is 39.2 Å². The molecule has 2 heterocycles. The molecule has 0 bridgehead atoms. The van der Waals surface area contributed by atoms with Crippen molar-refractivity contribution in [3.8, 4) is 0 Å². The minimum Gasteiger partial charge on any atom is -0.443 e. The molecule has 1 saturated heterocycles. The molecule has 2 aliphatic heterocycles. The highest BCUT2D eigenvalue weighted by atomic mass is 79.9. The van der Waals surface area contributed by atoms with Crippen LogP contribution in [0.15, 0.2) is 22.7 Å². The van der Waals surface area contributed by atoms with Crippen LogP contribution in [0.2, 0.25) is 0 Å². The first-order valence-corrected chi connectivity index (χ1v) is 8.49. The molecule has 23 heavy (non-hydrogen) atoms. The molecule has 2 aliphatic rings. The molecule has 0 aliphatic carbocycles. The average molecular weight is 382 g/mol. The van der Waals surface area contributed by atoms with Gasteiger partial charge in [-0.25, -0.2) is 9.69 Å². The molecule has 0 aromatic heterocycles. The molecular weight excluding hydrogens is 362 g/mol. The van der Waals surface area contributed by atoms with Gasteiger partial charge in [-0.15, -0.1) is 0 Å². The number of hydrogen-bond donors (Lipinski definition) is 0. The highest BCUT2D eigenvalue weighted by molar-refractivity contribution is 9.10. The number of carbonyl (C=O) groups is 2. The van der Waals surface area contributed by atoms with Gasteiger partial charge in [0, 0.05) is 17.7 Å². The Morgan fingerprint density at radius 1 is 1.30 bits per heavy atom. The Labute approximate surface area is 144 Å². The average Bonchev–Trinajstić information content (AvgIpc) is 2.67. The first kappa shape index (κ1) is 16.5. The number of ether oxygens (including phenoxy) is 2. The molecule has 0 saturated carbocycles. The Bertz CT molecular complexity index is 659. The first-order chi connectivity index (χ1) is 10.7. The van der Waals surface area contributed by atoms with Crippen molar-refractivity contribution in [2.45, 2.75) is 44.6 Å². The van der Waals surface area contributed by atoms with Crippen LogP contribution >= 0.6 is 15.9 Å². The zero-order chi connectivity index (χ0) is 16.8. The van der Waals surface area contributed by atoms with Crippen molar-refractivity contribution in [3.63, 3.8) is 0 Å². The van der Waals surface area contributed by atoms with Gasteiger partial charge in [0.15, 0.2) is 0 Å². The molecule has 1 fully saturated rings. The largest absolute Gasteiger partial charge is 0.443 e. The van der Waals surface area contributed by atoms with E-state index >= 15 is 0 Å². The second-order valence-electron chi connectivity index (χ2n) is 6.98. The van der Waals surface area contributed by atoms with Gasteiger partial charge in [0.2, 0.25) is 5.91 Å². The number of rotatable bonds is 0. The van der Waals surface area contributed by atoms with E-state index in [0.29, 0.717) is 31.7 Å². The summed E-state index contributed by atoms with van der Waals surface area (Å²) >= 11 is 3.42. The fourth-order valence-corrected chi connectivity index (χ4v) is 3.57. The topological polar surface area (TPSA) is 55.8 Å². The van der Waals surface area contributed by atoms with Crippen molar-refractivity contribution in [1.82, 2.24) is 0 Å². The van der Waals surface area contributed by atoms with E-state index < -0.39 is 17.1 Å². The Kier molecular flexibility index (Phi) is 4.01. The molecule has 0 radical (unpaired) electrons. The van der Waals surface area contributed by atoms with Crippen LogP contribution in [-0.2, 0) is 19.7 Å². The summed E-state index contributed by atoms with van der Waals surface area (Å²) in [6, 6.07) is 5.64. The van der Waals surface area contributed by atoms with Gasteiger partial charge in [-0.05, 0) is 51.3 Å². The van der Waals surface area contributed by atoms with E-state index in [1.807, 2.05) is 12.1 Å². The molecule has 0 unspecified atom stereocenters. The monoisotopic (exact) mass is 381 g/mol. The molecule has 1 aromatic rings. The molecule has 1 aromatic carbocycles. The van der Waals surface area contributed by atoms with Crippen molar-refractivity contribution in [2.75, 3.05) is 18.1 Å². The van der Waals surface area contributed by atoms with Crippen molar-refractivity contribution < 1.29 is 19.1 Å². The first-order valence-electron chi connectivity index (χ1n) is 7.70. The Balaban J connectivity index is 2.07. The lowest BCUT2D eigenvalue weighted by molar-refractivity contribution is -0.126. The third-order valence-electron chi connectivity index (χ3n) is 4.25. The summed E-state index contributed by atoms with van der Waals surface area (Å²) in [6.45, 7) is 6.40. The van der Waals surface area contributed by atoms with Crippen LogP contribution in [0, 0.1) is 0 Å². The van der Waals surface area contributed by atoms with E-state index in [2.05, 4.69) is 15.9 Å². The highest BCUT2D eigenvalue weighted by Crippen LogP contribution is 2.48. The maximum Gasteiger partial charge on any atom is 0.421 e. The minimum absolute atomic E-state index is 0.205. The molecule has 2 amide bonds. The number of fused-ring (bicyclic) bond motifs is 2. The number of halogens is 1. The maximum atomic E-state index is 13.1. The van der Waals surface area contributed by atoms with Gasteiger partial charge in [0.1, 0.15) is 5.60 Å². The fourth-order valence-electron chi connectivity index (χ4n) is 3.22. The van der Waals surface area contributed by atoms with Crippen LogP contribution in [0.5, 0.6) is 0 Å². The molecule has 3 rings (SSSR count). The second kappa shape index (κ2) is 5.60. The Hall–Kier alpha value is -1.40. The molecule has 1 spiro atoms. The van der Waals surface area contributed by atoms with Gasteiger partial charge >= 0.3 is 6.09 Å². The number of nitrogens with zero attached hydrogens (tertiary/aromatic N) is 1. The van der Waals surface area contributed by atoms with Crippen LogP contribution < -0.4 is 4.90 Å². The van der Waals surface area contributed by atoms with Crippen LogP contribution in [0.3, 0.4) is 0 Å². The summed E-state index contributed by atoms with van der Waals surface area (Å²) in [6.07, 6.45) is 0.546. The van der Waals surface area contributed by atoms with E-state index in [-0.39, 0.29) is 5.91 Å². The quantitative estimate of drug-likeness (QED) is 0.685. The third-order valence-corrected chi connectivity index (χ3v) is 4.74. The molecule has 6 heteroatoms. The number of anilines is 1. The smallest absolute Gasteiger partial charge is 0.421 e. The third kappa shape index (κ3) is 2.78. The van der Waals surface area contributed by atoms with Crippen LogP contribution in [0.25, 0.3) is 0 Å². The standard InChI is InChI=1S/C17H20BrNO4/c1-16(2,3)23-15(21)19-13-10-11(18)4-5-12(13)17(14(19)20)6-8-22-9-7-17/h4-5,10H,6-9H2,1-3H3. The molecule has 124 valence electrons. The normalized spacial score (nSPS) is 19.8. The van der Waals surface area contributed by atoms with E-state index in [9.17, 15) is 9.59 Å². The highest BCUT2D eigenvalue weighted by Gasteiger charge is 2.54. The Morgan fingerprint density at radius 2 is 1.96 bits per heavy atom. The summed E-state index contributed by atoms with van der Waals surface area (Å²) in [5.74, 6) is -0.205. The lowest BCUT2D eigenvalue weighted by Gasteiger charge is -2.32. The predicted octanol–water partition coefficient (Wildman–Crippen LogP) is 3.78. The number of benzene rings is 1. The zero-order valence-corrected chi connectivity index (χ0v) is 15.1. The predicted molar refractivity (Wildman–Crippen MR) is 89.6 cm³/mol. The van der Waals surface area contributed by atoms with Gasteiger partial charge in [-0.1, -0.05) is 22.0 Å². The molecule has 0 N–H and O–H groups in total. The fraction of sp³-hybridized carbons (Fsp3) is 0.529. The number of hydrogen-bond acceptors (Lipinski definition) is 4. The van der Waals surface area contributed by atoms with Gasteiger partial charge in [-0.2, -0.15) is 0 Å². The summed E-state index contributed by atoms with van der Waals surface area (Å²) in [5, 5.41) is 0. The summed E-state index contributed by atoms with van der Waals surface area (Å²) in [7, 11) is 0. The SMILES string of the molecule is CC(C)(C)OC(=O)N1C(=O)C2(CCOCC2)c2ccc(Br)cc21. The summed E-state index contributed by atoms with van der Waals surface area (Å²) < 4.78 is 11.7. The van der Waals surface area contributed by atoms with E-state index in [4.69, 9.17) is 9.47 Å². The number of carbonyl (C=O) groups excluding carboxylic acids is 2. The van der Waals surface area contributed by atoms with Gasteiger partial charge < -0.3 is 9.47 Å². The zero-order valence-electron chi connectivity index (χ0n) is 13.5. The lowest BCUT2D eigenvalue weighted by Crippen LogP contribution is -2.47. The van der Waals surface area contributed by atoms with E-state index in [1.54, 1.807) is 26.8 Å². The van der Waals surface area contributed by atoms with Crippen molar-refractivity contribution >= 4 is 33.6 Å². The molecule has 5 nitrogen and oxygen atoms in total. The molecule has 0 atom stereocenters. The lowest BCUT2D eigenvalue weighted by atomic mass is 9.75. The van der Waals surface area contributed by atoms with Gasteiger partial charge in [0.25, 0.3) is 0 Å². The number of imide groups is 1. The summed E-state index contributed by atoms with van der Waals surface area (Å²) in [5.41, 5.74) is 0.167. The Morgan fingerprint density at radius 3 is 2.57 bits per heavy atom. The summed E-state index contributed by atoms with van der Waals surface area (Å²) in [4.78, 5) is 26.9. The minimum atomic E-state index is -0.675. The van der Waals surface area contributed by atoms with Crippen LogP contribution in [0.4, 0.5) is 10.5 Å². The van der Waals surface area contributed by atoms with Gasteiger partial charge in [0.05, 0.1) is 11.1 Å². The van der Waals surface area contributed by atoms with Crippen molar-refractivity contribution in [3.05, 3.63) is 28.2 Å². The van der Waals surface area contributed by atoms with E-state index in [1.165, 1.54) is 4.90 Å². The maximum absolute atomic E-state index is 13.1.